The highest BCUT2D eigenvalue weighted by atomic mass is 16.5. The van der Waals surface area contributed by atoms with Crippen LogP contribution in [0, 0.1) is 13.8 Å². The number of hydrogen-bond acceptors (Lipinski definition) is 3. The summed E-state index contributed by atoms with van der Waals surface area (Å²) in [7, 11) is 0. The Bertz CT molecular complexity index is 976. The zero-order valence-electron chi connectivity index (χ0n) is 17.6. The number of hydrogen-bond donors (Lipinski definition) is 1. The second kappa shape index (κ2) is 8.80. The Morgan fingerprint density at radius 1 is 0.933 bits per heavy atom. The smallest absolute Gasteiger partial charge is 0.231 e. The monoisotopic (exact) mass is 400 g/mol. The molecule has 2 aromatic carbocycles. The van der Waals surface area contributed by atoms with Crippen molar-refractivity contribution in [3.05, 3.63) is 101 Å². The Morgan fingerprint density at radius 2 is 1.57 bits per heavy atom. The van der Waals surface area contributed by atoms with Gasteiger partial charge in [0.05, 0.1) is 11.5 Å². The van der Waals surface area contributed by atoms with E-state index in [-0.39, 0.29) is 11.9 Å². The Kier molecular flexibility index (Phi) is 5.96. The van der Waals surface area contributed by atoms with Gasteiger partial charge in [0.2, 0.25) is 5.91 Å². The molecular formula is C26H28N2O2. The molecule has 0 radical (unpaired) electrons. The molecule has 4 rings (SSSR count). The molecule has 1 fully saturated rings. The van der Waals surface area contributed by atoms with E-state index in [2.05, 4.69) is 72.7 Å². The maximum atomic E-state index is 13.8. The molecule has 4 heteroatoms. The number of rotatable bonds is 5. The van der Waals surface area contributed by atoms with Crippen LogP contribution in [-0.4, -0.2) is 24.1 Å². The van der Waals surface area contributed by atoms with E-state index in [1.807, 2.05) is 18.3 Å². The molecule has 1 aliphatic rings. The lowest BCUT2D eigenvalue weighted by molar-refractivity contribution is -0.131. The van der Waals surface area contributed by atoms with Gasteiger partial charge in [0, 0.05) is 25.6 Å². The van der Waals surface area contributed by atoms with E-state index in [0.29, 0.717) is 26.1 Å². The van der Waals surface area contributed by atoms with Gasteiger partial charge in [-0.15, -0.1) is 0 Å². The first kappa shape index (κ1) is 20.3. The minimum atomic E-state index is -0.586. The fourth-order valence-corrected chi connectivity index (χ4v) is 4.17. The molecule has 0 bridgehead atoms. The summed E-state index contributed by atoms with van der Waals surface area (Å²) in [6.45, 7) is 5.30. The summed E-state index contributed by atoms with van der Waals surface area (Å²) in [6.07, 6.45) is 4.93. The fraction of sp³-hybridized carbons (Fsp3) is 0.308. The van der Waals surface area contributed by atoms with Gasteiger partial charge in [-0.05, 0) is 49.4 Å². The summed E-state index contributed by atoms with van der Waals surface area (Å²) in [5, 5.41) is 3.36. The third-order valence-corrected chi connectivity index (χ3v) is 6.09. The van der Waals surface area contributed by atoms with Crippen LogP contribution in [0.3, 0.4) is 0 Å². The van der Waals surface area contributed by atoms with Crippen LogP contribution in [0.25, 0.3) is 0 Å². The third-order valence-electron chi connectivity index (χ3n) is 6.09. The van der Waals surface area contributed by atoms with Gasteiger partial charge in [0.1, 0.15) is 0 Å². The lowest BCUT2D eigenvalue weighted by atomic mass is 9.73. The number of aromatic nitrogens is 1. The molecule has 3 aromatic rings. The average Bonchev–Trinajstić information content (AvgIpc) is 2.79. The van der Waals surface area contributed by atoms with Gasteiger partial charge in [0.15, 0.2) is 0 Å². The molecule has 1 aliphatic heterocycles. The van der Waals surface area contributed by atoms with E-state index in [1.54, 1.807) is 6.20 Å². The van der Waals surface area contributed by atoms with Crippen LogP contribution >= 0.6 is 0 Å². The van der Waals surface area contributed by atoms with E-state index in [4.69, 9.17) is 4.74 Å². The van der Waals surface area contributed by atoms with Gasteiger partial charge in [-0.3, -0.25) is 9.78 Å². The molecule has 1 atom stereocenters. The zero-order chi connectivity index (χ0) is 21.0. The Morgan fingerprint density at radius 3 is 2.17 bits per heavy atom. The van der Waals surface area contributed by atoms with Gasteiger partial charge in [-0.1, -0.05) is 65.7 Å². The van der Waals surface area contributed by atoms with Crippen molar-refractivity contribution in [1.82, 2.24) is 10.3 Å². The fourth-order valence-electron chi connectivity index (χ4n) is 4.17. The third kappa shape index (κ3) is 4.14. The summed E-state index contributed by atoms with van der Waals surface area (Å²) in [4.78, 5) is 18.1. The number of aryl methyl sites for hydroxylation is 2. The van der Waals surface area contributed by atoms with Gasteiger partial charge < -0.3 is 10.1 Å². The molecule has 1 amide bonds. The van der Waals surface area contributed by atoms with Gasteiger partial charge in [0.25, 0.3) is 0 Å². The number of carbonyl (C=O) groups excluding carboxylic acids is 1. The number of nitrogens with one attached hydrogen (secondary N) is 1. The topological polar surface area (TPSA) is 51.2 Å². The van der Waals surface area contributed by atoms with Crippen molar-refractivity contribution in [2.75, 3.05) is 13.2 Å². The highest BCUT2D eigenvalue weighted by Crippen LogP contribution is 2.36. The van der Waals surface area contributed by atoms with Crippen LogP contribution in [0.1, 0.15) is 46.7 Å². The molecule has 154 valence electrons. The SMILES string of the molecule is Cc1ccc(C(NC(=O)C2(c3ccc(C)cc3)CCOCC2)c2cccnc2)cc1. The van der Waals surface area contributed by atoms with Gasteiger partial charge in [-0.25, -0.2) is 0 Å². The van der Waals surface area contributed by atoms with Crippen molar-refractivity contribution in [1.29, 1.82) is 0 Å². The number of benzene rings is 2. The first-order valence-electron chi connectivity index (χ1n) is 10.5. The first-order valence-corrected chi connectivity index (χ1v) is 10.5. The van der Waals surface area contributed by atoms with Crippen molar-refractivity contribution in [3.8, 4) is 0 Å². The maximum absolute atomic E-state index is 13.8. The normalized spacial score (nSPS) is 16.6. The summed E-state index contributed by atoms with van der Waals surface area (Å²) in [5.74, 6) is 0.0454. The standard InChI is InChI=1S/C26H28N2O2/c1-19-5-9-21(10-6-19)24(22-4-3-15-27-18-22)28-25(29)26(13-16-30-17-14-26)23-11-7-20(2)8-12-23/h3-12,15,18,24H,13-14,16-17H2,1-2H3,(H,28,29). The van der Waals surface area contributed by atoms with Crippen molar-refractivity contribution in [2.45, 2.75) is 38.1 Å². The Balaban J connectivity index is 1.71. The number of pyridine rings is 1. The van der Waals surface area contributed by atoms with Crippen molar-refractivity contribution in [2.24, 2.45) is 0 Å². The maximum Gasteiger partial charge on any atom is 0.231 e. The summed E-state index contributed by atoms with van der Waals surface area (Å²) in [5.41, 5.74) is 4.87. The lowest BCUT2D eigenvalue weighted by Gasteiger charge is -2.37. The largest absolute Gasteiger partial charge is 0.381 e. The molecule has 0 spiro atoms. The van der Waals surface area contributed by atoms with Crippen LogP contribution in [0.15, 0.2) is 73.1 Å². The molecule has 1 aromatic heterocycles. The van der Waals surface area contributed by atoms with Crippen LogP contribution in [0.2, 0.25) is 0 Å². The highest BCUT2D eigenvalue weighted by Gasteiger charge is 2.42. The van der Waals surface area contributed by atoms with E-state index in [9.17, 15) is 4.79 Å². The van der Waals surface area contributed by atoms with Crippen LogP contribution < -0.4 is 5.32 Å². The molecular weight excluding hydrogens is 372 g/mol. The minimum Gasteiger partial charge on any atom is -0.381 e. The second-order valence-electron chi connectivity index (χ2n) is 8.16. The van der Waals surface area contributed by atoms with Gasteiger partial charge >= 0.3 is 0 Å². The highest BCUT2D eigenvalue weighted by molar-refractivity contribution is 5.89. The van der Waals surface area contributed by atoms with Crippen LogP contribution in [0.5, 0.6) is 0 Å². The second-order valence-corrected chi connectivity index (χ2v) is 8.16. The lowest BCUT2D eigenvalue weighted by Crippen LogP contribution is -2.49. The summed E-state index contributed by atoms with van der Waals surface area (Å²) in [6, 6.07) is 20.3. The van der Waals surface area contributed by atoms with E-state index in [0.717, 1.165) is 16.7 Å². The van der Waals surface area contributed by atoms with Crippen LogP contribution in [-0.2, 0) is 14.9 Å². The average molecular weight is 401 g/mol. The quantitative estimate of drug-likeness (QED) is 0.678. The van der Waals surface area contributed by atoms with Crippen molar-refractivity contribution >= 4 is 5.91 Å². The molecule has 0 aliphatic carbocycles. The van der Waals surface area contributed by atoms with Crippen molar-refractivity contribution < 1.29 is 9.53 Å². The number of amides is 1. The molecule has 1 unspecified atom stereocenters. The minimum absolute atomic E-state index is 0.0454. The van der Waals surface area contributed by atoms with Crippen molar-refractivity contribution in [3.63, 3.8) is 0 Å². The number of ether oxygens (including phenoxy) is 1. The Hall–Kier alpha value is -2.98. The van der Waals surface area contributed by atoms with E-state index >= 15 is 0 Å². The molecule has 30 heavy (non-hydrogen) atoms. The summed E-state index contributed by atoms with van der Waals surface area (Å²) >= 11 is 0. The van der Waals surface area contributed by atoms with E-state index < -0.39 is 5.41 Å². The van der Waals surface area contributed by atoms with Crippen LogP contribution in [0.4, 0.5) is 0 Å². The molecule has 1 N–H and O–H groups in total. The molecule has 4 nitrogen and oxygen atoms in total. The Labute approximate surface area is 178 Å². The molecule has 2 heterocycles. The predicted octanol–water partition coefficient (Wildman–Crippen LogP) is 4.65. The zero-order valence-corrected chi connectivity index (χ0v) is 17.6. The molecule has 0 saturated carbocycles. The van der Waals surface area contributed by atoms with Gasteiger partial charge in [-0.2, -0.15) is 0 Å². The van der Waals surface area contributed by atoms with E-state index in [1.165, 1.54) is 11.1 Å². The number of carbonyl (C=O) groups is 1. The number of nitrogens with zero attached hydrogens (tertiary/aromatic N) is 1. The molecule has 1 saturated heterocycles. The summed E-state index contributed by atoms with van der Waals surface area (Å²) < 4.78 is 5.62. The predicted molar refractivity (Wildman–Crippen MR) is 118 cm³/mol. The first-order chi connectivity index (χ1) is 14.6.